The second-order valence-corrected chi connectivity index (χ2v) is 10.0. The maximum Gasteiger partial charge on any atom is 0.122 e. The fourth-order valence-corrected chi connectivity index (χ4v) is 5.78. The van der Waals surface area contributed by atoms with Gasteiger partial charge in [-0.2, -0.15) is 5.10 Å². The Bertz CT molecular complexity index is 1350. The summed E-state index contributed by atoms with van der Waals surface area (Å²) in [5.41, 5.74) is 6.66. The number of nitrogens with zero attached hydrogens (tertiary/aromatic N) is 6. The van der Waals surface area contributed by atoms with E-state index in [4.69, 9.17) is 9.84 Å². The highest BCUT2D eigenvalue weighted by Gasteiger charge is 2.27. The normalized spacial score (nSPS) is 18.5. The van der Waals surface area contributed by atoms with Crippen LogP contribution in [0.3, 0.4) is 0 Å². The van der Waals surface area contributed by atoms with Crippen molar-refractivity contribution in [1.29, 1.82) is 0 Å². The molecule has 7 nitrogen and oxygen atoms in total. The Balaban J connectivity index is 1.24. The predicted molar refractivity (Wildman–Crippen MR) is 142 cm³/mol. The lowest BCUT2D eigenvalue weighted by Gasteiger charge is -2.42. The number of aromatic nitrogens is 3. The third-order valence-electron chi connectivity index (χ3n) is 7.93. The average Bonchev–Trinajstić information content (AvgIpc) is 3.31. The van der Waals surface area contributed by atoms with Gasteiger partial charge in [0.2, 0.25) is 0 Å². The average molecular weight is 471 g/mol. The fraction of sp³-hybridized carbons (Fsp3) is 0.429. The summed E-state index contributed by atoms with van der Waals surface area (Å²) in [6, 6.07) is 11.4. The van der Waals surface area contributed by atoms with Crippen LogP contribution >= 0.6 is 0 Å². The number of benzene rings is 1. The van der Waals surface area contributed by atoms with E-state index in [0.29, 0.717) is 0 Å². The summed E-state index contributed by atoms with van der Waals surface area (Å²) in [5, 5.41) is 5.82. The van der Waals surface area contributed by atoms with E-state index in [2.05, 4.69) is 70.2 Å². The molecule has 0 N–H and O–H groups in total. The molecule has 0 atom stereocenters. The largest absolute Gasteiger partial charge is 0.496 e. The van der Waals surface area contributed by atoms with Crippen LogP contribution in [0.5, 0.6) is 5.75 Å². The van der Waals surface area contributed by atoms with Crippen molar-refractivity contribution < 1.29 is 4.74 Å². The topological polar surface area (TPSA) is 49.1 Å². The highest BCUT2D eigenvalue weighted by molar-refractivity contribution is 5.99. The lowest BCUT2D eigenvalue weighted by molar-refractivity contribution is 0.0982. The van der Waals surface area contributed by atoms with E-state index in [1.54, 1.807) is 7.11 Å². The van der Waals surface area contributed by atoms with Crippen molar-refractivity contribution in [2.45, 2.75) is 25.8 Å². The lowest BCUT2D eigenvalue weighted by atomic mass is 10.0. The minimum atomic E-state index is 0.723. The van der Waals surface area contributed by atoms with Crippen molar-refractivity contribution in [2.24, 2.45) is 0 Å². The van der Waals surface area contributed by atoms with Gasteiger partial charge >= 0.3 is 0 Å². The first-order chi connectivity index (χ1) is 17.1. The van der Waals surface area contributed by atoms with Gasteiger partial charge in [-0.3, -0.25) is 9.88 Å². The molecular formula is C28H34N6O. The molecule has 2 fully saturated rings. The Hall–Kier alpha value is -3.16. The molecule has 2 aliphatic rings. The van der Waals surface area contributed by atoms with Crippen LogP contribution in [0.25, 0.3) is 27.5 Å². The first-order valence-electron chi connectivity index (χ1n) is 12.7. The molecule has 0 amide bonds. The van der Waals surface area contributed by atoms with Gasteiger partial charge in [-0.15, -0.1) is 0 Å². The van der Waals surface area contributed by atoms with Crippen molar-refractivity contribution >= 4 is 22.1 Å². The number of methoxy groups -OCH3 is 1. The number of hydrogen-bond acceptors (Lipinski definition) is 6. The van der Waals surface area contributed by atoms with Crippen molar-refractivity contribution in [3.8, 4) is 16.9 Å². The quantitative estimate of drug-likeness (QED) is 0.448. The monoisotopic (exact) mass is 470 g/mol. The summed E-state index contributed by atoms with van der Waals surface area (Å²) in [6.07, 6.45) is 8.50. The zero-order valence-electron chi connectivity index (χ0n) is 20.9. The molecule has 2 saturated heterocycles. The Morgan fingerprint density at radius 1 is 0.943 bits per heavy atom. The van der Waals surface area contributed by atoms with E-state index in [9.17, 15) is 0 Å². The summed E-state index contributed by atoms with van der Waals surface area (Å²) in [5.74, 6) is 0.880. The minimum Gasteiger partial charge on any atom is -0.496 e. The van der Waals surface area contributed by atoms with Gasteiger partial charge < -0.3 is 14.5 Å². The number of piperazine rings is 1. The Labute approximate surface area is 206 Å². The smallest absolute Gasteiger partial charge is 0.122 e. The van der Waals surface area contributed by atoms with Gasteiger partial charge in [0.15, 0.2) is 0 Å². The van der Waals surface area contributed by atoms with Crippen molar-refractivity contribution in [2.75, 3.05) is 58.3 Å². The standard InChI is InChI=1S/C28H34N6O/c1-20-16-26-24(17-28(20)35-3)23(6-9-29-26)25-18-30-34-19-22(4-5-27(25)34)32-10-7-21(8-11-32)33-14-12-31(2)13-15-33/h4-6,9,16-19,21H,7-8,10-15H2,1-3H3. The molecule has 1 aromatic carbocycles. The number of pyridine rings is 2. The van der Waals surface area contributed by atoms with Crippen LogP contribution < -0.4 is 9.64 Å². The number of anilines is 1. The molecule has 0 unspecified atom stereocenters. The first-order valence-corrected chi connectivity index (χ1v) is 12.7. The molecule has 0 saturated carbocycles. The number of hydrogen-bond donors (Lipinski definition) is 0. The minimum absolute atomic E-state index is 0.723. The second kappa shape index (κ2) is 9.13. The van der Waals surface area contributed by atoms with E-state index in [1.165, 1.54) is 44.7 Å². The van der Waals surface area contributed by atoms with Crippen molar-refractivity contribution in [3.63, 3.8) is 0 Å². The molecule has 182 valence electrons. The van der Waals surface area contributed by atoms with E-state index in [-0.39, 0.29) is 0 Å². The third kappa shape index (κ3) is 4.13. The first kappa shape index (κ1) is 22.3. The van der Waals surface area contributed by atoms with Crippen LogP contribution in [0.2, 0.25) is 0 Å². The molecule has 4 aromatic rings. The summed E-state index contributed by atoms with van der Waals surface area (Å²) >= 11 is 0. The van der Waals surface area contributed by atoms with E-state index < -0.39 is 0 Å². The molecule has 7 heteroatoms. The van der Waals surface area contributed by atoms with E-state index in [1.807, 2.05) is 16.9 Å². The number of aryl methyl sites for hydroxylation is 1. The molecule has 5 heterocycles. The molecule has 0 radical (unpaired) electrons. The molecule has 3 aromatic heterocycles. The van der Waals surface area contributed by atoms with Crippen LogP contribution in [0.4, 0.5) is 5.69 Å². The third-order valence-corrected chi connectivity index (χ3v) is 7.93. The van der Waals surface area contributed by atoms with Crippen LogP contribution in [0.15, 0.2) is 48.9 Å². The van der Waals surface area contributed by atoms with Gasteiger partial charge in [0.1, 0.15) is 5.75 Å². The van der Waals surface area contributed by atoms with E-state index in [0.717, 1.165) is 58.0 Å². The SMILES string of the molecule is COc1cc2c(-c3cnn4cc(N5CCC(N6CCN(C)CC6)CC5)ccc34)ccnc2cc1C. The molecule has 0 aliphatic carbocycles. The van der Waals surface area contributed by atoms with Crippen molar-refractivity contribution in [1.82, 2.24) is 24.4 Å². The summed E-state index contributed by atoms with van der Waals surface area (Å²) < 4.78 is 7.61. The predicted octanol–water partition coefficient (Wildman–Crippen LogP) is 4.08. The highest BCUT2D eigenvalue weighted by atomic mass is 16.5. The summed E-state index contributed by atoms with van der Waals surface area (Å²) in [7, 11) is 3.95. The number of fused-ring (bicyclic) bond motifs is 2. The van der Waals surface area contributed by atoms with Gasteiger partial charge in [0.25, 0.3) is 0 Å². The van der Waals surface area contributed by atoms with Gasteiger partial charge in [-0.05, 0) is 68.3 Å². The number of rotatable bonds is 4. The molecule has 2 aliphatic heterocycles. The molecule has 0 spiro atoms. The summed E-state index contributed by atoms with van der Waals surface area (Å²) in [4.78, 5) is 12.2. The van der Waals surface area contributed by atoms with Gasteiger partial charge in [0.05, 0.1) is 36.2 Å². The molecular weight excluding hydrogens is 436 g/mol. The van der Waals surface area contributed by atoms with Gasteiger partial charge in [-0.25, -0.2) is 4.52 Å². The van der Waals surface area contributed by atoms with Crippen LogP contribution in [-0.2, 0) is 0 Å². The Kier molecular flexibility index (Phi) is 5.82. The van der Waals surface area contributed by atoms with Crippen LogP contribution in [0.1, 0.15) is 18.4 Å². The van der Waals surface area contributed by atoms with Crippen LogP contribution in [-0.4, -0.2) is 83.9 Å². The maximum atomic E-state index is 5.59. The highest BCUT2D eigenvalue weighted by Crippen LogP contribution is 2.35. The molecule has 6 rings (SSSR count). The lowest BCUT2D eigenvalue weighted by Crippen LogP contribution is -2.52. The Morgan fingerprint density at radius 2 is 1.74 bits per heavy atom. The Morgan fingerprint density at radius 3 is 2.51 bits per heavy atom. The van der Waals surface area contributed by atoms with E-state index >= 15 is 0 Å². The fourth-order valence-electron chi connectivity index (χ4n) is 5.78. The van der Waals surface area contributed by atoms with Crippen molar-refractivity contribution in [3.05, 3.63) is 54.5 Å². The summed E-state index contributed by atoms with van der Waals surface area (Å²) in [6.45, 7) is 9.05. The van der Waals surface area contributed by atoms with Crippen LogP contribution in [0, 0.1) is 6.92 Å². The number of likely N-dealkylation sites (N-methyl/N-ethyl adjacent to an activating group) is 1. The zero-order valence-corrected chi connectivity index (χ0v) is 20.9. The van der Waals surface area contributed by atoms with Gasteiger partial charge in [0, 0.05) is 62.5 Å². The molecule has 35 heavy (non-hydrogen) atoms. The number of ether oxygens (including phenoxy) is 1. The van der Waals surface area contributed by atoms with Gasteiger partial charge in [-0.1, -0.05) is 0 Å². The number of piperidine rings is 1. The molecule has 0 bridgehead atoms. The second-order valence-electron chi connectivity index (χ2n) is 10.0. The zero-order chi connectivity index (χ0) is 23.9. The maximum absolute atomic E-state index is 5.59.